The van der Waals surface area contributed by atoms with Crippen LogP contribution in [0.4, 0.5) is 5.69 Å². The Morgan fingerprint density at radius 3 is 2.65 bits per heavy atom. The average Bonchev–Trinajstić information content (AvgIpc) is 2.66. The van der Waals surface area contributed by atoms with Gasteiger partial charge in [0.1, 0.15) is 5.75 Å². The van der Waals surface area contributed by atoms with Crippen LogP contribution in [0.3, 0.4) is 0 Å². The fourth-order valence-electron chi connectivity index (χ4n) is 2.56. The lowest BCUT2D eigenvalue weighted by atomic mass is 10.1. The highest BCUT2D eigenvalue weighted by atomic mass is 32.1. The van der Waals surface area contributed by atoms with E-state index in [2.05, 4.69) is 16.7 Å². The van der Waals surface area contributed by atoms with Gasteiger partial charge in [-0.3, -0.25) is 0 Å². The molecule has 5 nitrogen and oxygen atoms in total. The third kappa shape index (κ3) is 5.46. The van der Waals surface area contributed by atoms with Crippen molar-refractivity contribution in [1.82, 2.24) is 5.32 Å². The number of para-hydroxylation sites is 1. The molecule has 138 valence electrons. The van der Waals surface area contributed by atoms with Gasteiger partial charge in [0.25, 0.3) is 0 Å². The van der Waals surface area contributed by atoms with Crippen molar-refractivity contribution >= 4 is 29.0 Å². The van der Waals surface area contributed by atoms with E-state index in [4.69, 9.17) is 21.7 Å². The molecule has 0 aliphatic carbocycles. The molecule has 2 N–H and O–H groups in total. The van der Waals surface area contributed by atoms with Crippen LogP contribution in [0, 0.1) is 6.92 Å². The molecular formula is C20H24N2O3S. The summed E-state index contributed by atoms with van der Waals surface area (Å²) in [4.78, 5) is 11.7. The standard InChI is InChI=1S/C20H24N2O3S/c1-14-10-11-16(19(23)25-3)13-17(14)22-20(26)21-12-6-8-15-7-4-5-9-18(15)24-2/h4-5,7,9-11,13H,6,8,12H2,1-3H3,(H2,21,22,26). The molecule has 0 bridgehead atoms. The zero-order chi connectivity index (χ0) is 18.9. The first-order valence-corrected chi connectivity index (χ1v) is 8.81. The number of thiocarbonyl (C=S) groups is 1. The lowest BCUT2D eigenvalue weighted by Gasteiger charge is -2.14. The van der Waals surface area contributed by atoms with Gasteiger partial charge >= 0.3 is 5.97 Å². The van der Waals surface area contributed by atoms with E-state index in [0.29, 0.717) is 10.7 Å². The summed E-state index contributed by atoms with van der Waals surface area (Å²) >= 11 is 5.35. The van der Waals surface area contributed by atoms with E-state index in [1.807, 2.05) is 31.2 Å². The highest BCUT2D eigenvalue weighted by molar-refractivity contribution is 7.80. The maximum Gasteiger partial charge on any atom is 0.337 e. The quantitative estimate of drug-likeness (QED) is 0.439. The monoisotopic (exact) mass is 372 g/mol. The highest BCUT2D eigenvalue weighted by Gasteiger charge is 2.09. The third-order valence-corrected chi connectivity index (χ3v) is 4.25. The van der Waals surface area contributed by atoms with Crippen LogP contribution in [0.2, 0.25) is 0 Å². The number of hydrogen-bond donors (Lipinski definition) is 2. The van der Waals surface area contributed by atoms with Gasteiger partial charge in [-0.2, -0.15) is 0 Å². The first-order valence-electron chi connectivity index (χ1n) is 8.41. The van der Waals surface area contributed by atoms with Gasteiger partial charge in [0.2, 0.25) is 0 Å². The summed E-state index contributed by atoms with van der Waals surface area (Å²) in [6.07, 6.45) is 1.82. The minimum atomic E-state index is -0.372. The lowest BCUT2D eigenvalue weighted by Crippen LogP contribution is -2.29. The Labute approximate surface area is 159 Å². The molecule has 0 saturated heterocycles. The van der Waals surface area contributed by atoms with Crippen molar-refractivity contribution < 1.29 is 14.3 Å². The minimum absolute atomic E-state index is 0.372. The van der Waals surface area contributed by atoms with Crippen molar-refractivity contribution in [2.75, 3.05) is 26.1 Å². The van der Waals surface area contributed by atoms with Gasteiger partial charge in [-0.25, -0.2) is 4.79 Å². The second kappa shape index (κ2) is 9.77. The molecule has 0 heterocycles. The number of esters is 1. The van der Waals surface area contributed by atoms with E-state index in [0.717, 1.165) is 36.4 Å². The third-order valence-electron chi connectivity index (χ3n) is 4.01. The van der Waals surface area contributed by atoms with Crippen LogP contribution < -0.4 is 15.4 Å². The first-order chi connectivity index (χ1) is 12.5. The van der Waals surface area contributed by atoms with Gasteiger partial charge < -0.3 is 20.1 Å². The zero-order valence-electron chi connectivity index (χ0n) is 15.3. The minimum Gasteiger partial charge on any atom is -0.496 e. The summed E-state index contributed by atoms with van der Waals surface area (Å²) in [5.41, 5.74) is 3.45. The van der Waals surface area contributed by atoms with Crippen LogP contribution in [0.15, 0.2) is 42.5 Å². The van der Waals surface area contributed by atoms with E-state index >= 15 is 0 Å². The van der Waals surface area contributed by atoms with E-state index < -0.39 is 0 Å². The maximum atomic E-state index is 11.7. The first kappa shape index (κ1) is 19.7. The summed E-state index contributed by atoms with van der Waals surface area (Å²) in [6, 6.07) is 13.3. The van der Waals surface area contributed by atoms with Crippen LogP contribution in [-0.4, -0.2) is 31.8 Å². The van der Waals surface area contributed by atoms with Crippen LogP contribution in [0.25, 0.3) is 0 Å². The van der Waals surface area contributed by atoms with Crippen molar-refractivity contribution in [3.63, 3.8) is 0 Å². The Morgan fingerprint density at radius 1 is 1.15 bits per heavy atom. The molecule has 0 saturated carbocycles. The van der Waals surface area contributed by atoms with Gasteiger partial charge in [-0.15, -0.1) is 0 Å². The Hall–Kier alpha value is -2.60. The van der Waals surface area contributed by atoms with Crippen LogP contribution in [0.5, 0.6) is 5.75 Å². The van der Waals surface area contributed by atoms with Crippen molar-refractivity contribution in [2.45, 2.75) is 19.8 Å². The number of hydrogen-bond acceptors (Lipinski definition) is 4. The number of carbonyl (C=O) groups is 1. The molecule has 6 heteroatoms. The topological polar surface area (TPSA) is 59.6 Å². The molecule has 0 fully saturated rings. The number of ether oxygens (including phenoxy) is 2. The zero-order valence-corrected chi connectivity index (χ0v) is 16.1. The van der Waals surface area contributed by atoms with E-state index in [9.17, 15) is 4.79 Å². The van der Waals surface area contributed by atoms with Crippen molar-refractivity contribution in [2.24, 2.45) is 0 Å². The summed E-state index contributed by atoms with van der Waals surface area (Å²) < 4.78 is 10.1. The van der Waals surface area contributed by atoms with Gasteiger partial charge in [-0.1, -0.05) is 24.3 Å². The molecule has 2 aromatic rings. The molecule has 2 aromatic carbocycles. The summed E-state index contributed by atoms with van der Waals surface area (Å²) in [7, 11) is 3.05. The molecule has 0 atom stereocenters. The lowest BCUT2D eigenvalue weighted by molar-refractivity contribution is 0.0601. The highest BCUT2D eigenvalue weighted by Crippen LogP contribution is 2.19. The van der Waals surface area contributed by atoms with E-state index in [-0.39, 0.29) is 5.97 Å². The number of benzene rings is 2. The van der Waals surface area contributed by atoms with Gasteiger partial charge in [-0.05, 0) is 61.3 Å². The number of nitrogens with one attached hydrogen (secondary N) is 2. The predicted molar refractivity (Wildman–Crippen MR) is 108 cm³/mol. The molecule has 26 heavy (non-hydrogen) atoms. The summed E-state index contributed by atoms with van der Waals surface area (Å²) in [6.45, 7) is 2.69. The summed E-state index contributed by atoms with van der Waals surface area (Å²) in [5, 5.41) is 6.85. The Morgan fingerprint density at radius 2 is 1.92 bits per heavy atom. The number of methoxy groups -OCH3 is 2. The Balaban J connectivity index is 1.84. The van der Waals surface area contributed by atoms with E-state index in [1.54, 1.807) is 19.2 Å². The second-order valence-electron chi connectivity index (χ2n) is 5.82. The number of anilines is 1. The number of rotatable bonds is 7. The fourth-order valence-corrected chi connectivity index (χ4v) is 2.77. The predicted octanol–water partition coefficient (Wildman–Crippen LogP) is 3.71. The van der Waals surface area contributed by atoms with E-state index in [1.165, 1.54) is 12.7 Å². The molecule has 2 rings (SSSR count). The van der Waals surface area contributed by atoms with Crippen LogP contribution >= 0.6 is 12.2 Å². The summed E-state index contributed by atoms with van der Waals surface area (Å²) in [5.74, 6) is 0.534. The van der Waals surface area contributed by atoms with Crippen molar-refractivity contribution in [1.29, 1.82) is 0 Å². The Kier molecular flexibility index (Phi) is 7.41. The normalized spacial score (nSPS) is 10.1. The smallest absolute Gasteiger partial charge is 0.337 e. The van der Waals surface area contributed by atoms with Gasteiger partial charge in [0.15, 0.2) is 5.11 Å². The molecule has 0 aliphatic rings. The van der Waals surface area contributed by atoms with Crippen LogP contribution in [-0.2, 0) is 11.2 Å². The molecule has 0 radical (unpaired) electrons. The van der Waals surface area contributed by atoms with Crippen molar-refractivity contribution in [3.05, 3.63) is 59.2 Å². The molecule has 0 aliphatic heterocycles. The van der Waals surface area contributed by atoms with Gasteiger partial charge in [0.05, 0.1) is 19.8 Å². The van der Waals surface area contributed by atoms with Gasteiger partial charge in [0, 0.05) is 12.2 Å². The van der Waals surface area contributed by atoms with Crippen LogP contribution in [0.1, 0.15) is 27.9 Å². The maximum absolute atomic E-state index is 11.7. The fraction of sp³-hybridized carbons (Fsp3) is 0.300. The average molecular weight is 372 g/mol. The molecule has 0 aromatic heterocycles. The molecular weight excluding hydrogens is 348 g/mol. The molecule has 0 spiro atoms. The largest absolute Gasteiger partial charge is 0.496 e. The second-order valence-corrected chi connectivity index (χ2v) is 6.23. The molecule has 0 amide bonds. The van der Waals surface area contributed by atoms with Crippen molar-refractivity contribution in [3.8, 4) is 5.75 Å². The Bertz CT molecular complexity index is 777. The molecule has 0 unspecified atom stereocenters. The number of aryl methyl sites for hydroxylation is 2. The SMILES string of the molecule is COC(=O)c1ccc(C)c(NC(=S)NCCCc2ccccc2OC)c1. The number of carbonyl (C=O) groups excluding carboxylic acids is 1.